The van der Waals surface area contributed by atoms with E-state index in [2.05, 4.69) is 34.3 Å². The van der Waals surface area contributed by atoms with Crippen molar-refractivity contribution in [3.8, 4) is 45.3 Å². The van der Waals surface area contributed by atoms with E-state index >= 15 is 0 Å². The fourth-order valence-corrected chi connectivity index (χ4v) is 5.06. The number of nitrogens with zero attached hydrogens (tertiary/aromatic N) is 2. The number of aromatic nitrogens is 2. The molecule has 0 radical (unpaired) electrons. The van der Waals surface area contributed by atoms with E-state index < -0.39 is 5.91 Å². The number of nitrogens with two attached hydrogens (primary N) is 1. The van der Waals surface area contributed by atoms with Crippen LogP contribution in [0.5, 0.6) is 11.6 Å². The largest absolute Gasteiger partial charge is 0.496 e. The van der Waals surface area contributed by atoms with Crippen LogP contribution in [0.1, 0.15) is 23.2 Å². The molecule has 0 atom stereocenters. The van der Waals surface area contributed by atoms with Crippen molar-refractivity contribution in [2.45, 2.75) is 12.8 Å². The molecule has 8 heteroatoms. The highest BCUT2D eigenvalue weighted by Crippen LogP contribution is 2.34. The number of piperidine rings is 1. The summed E-state index contributed by atoms with van der Waals surface area (Å²) in [6.07, 6.45) is 3.84. The number of benzene rings is 2. The summed E-state index contributed by atoms with van der Waals surface area (Å²) in [4.78, 5) is 21.4. The Morgan fingerprint density at radius 2 is 1.78 bits per heavy atom. The number of primary amides is 1. The fourth-order valence-electron chi connectivity index (χ4n) is 4.40. The van der Waals surface area contributed by atoms with E-state index in [1.807, 2.05) is 18.2 Å². The van der Waals surface area contributed by atoms with Gasteiger partial charge >= 0.3 is 0 Å². The SMILES string of the molecule is COc1cc(-c2ncc(OCC3CCNCC3)nc2-c2ccc(-c3ccsc3)cc2)ccc1C(N)=O. The highest BCUT2D eigenvalue weighted by molar-refractivity contribution is 7.08. The van der Waals surface area contributed by atoms with Crippen molar-refractivity contribution in [3.05, 3.63) is 71.1 Å². The van der Waals surface area contributed by atoms with E-state index in [0.717, 1.165) is 42.6 Å². The standard InChI is InChI=1S/C28H28N4O3S/c1-34-24-14-21(6-7-23(24)28(29)33)26-27(20-4-2-19(3-5-20)22-10-13-36-17-22)32-25(15-31-26)35-16-18-8-11-30-12-9-18/h2-7,10,13-15,17-18,30H,8-9,11-12,16H2,1H3,(H2,29,33). The van der Waals surface area contributed by atoms with Gasteiger partial charge in [-0.2, -0.15) is 11.3 Å². The van der Waals surface area contributed by atoms with Gasteiger partial charge in [0.2, 0.25) is 5.88 Å². The third-order valence-electron chi connectivity index (χ3n) is 6.43. The second-order valence-corrected chi connectivity index (χ2v) is 9.56. The van der Waals surface area contributed by atoms with E-state index in [1.54, 1.807) is 29.7 Å². The molecule has 0 aliphatic carbocycles. The average molecular weight is 501 g/mol. The van der Waals surface area contributed by atoms with Crippen LogP contribution in [-0.4, -0.2) is 42.7 Å². The summed E-state index contributed by atoms with van der Waals surface area (Å²) in [6.45, 7) is 2.65. The molecular weight excluding hydrogens is 472 g/mol. The minimum atomic E-state index is -0.546. The Hall–Kier alpha value is -3.75. The first-order valence-corrected chi connectivity index (χ1v) is 12.9. The quantitative estimate of drug-likeness (QED) is 0.352. The molecule has 1 amide bonds. The van der Waals surface area contributed by atoms with Crippen molar-refractivity contribution in [2.24, 2.45) is 11.7 Å². The predicted molar refractivity (Wildman–Crippen MR) is 142 cm³/mol. The van der Waals surface area contributed by atoms with E-state index in [1.165, 1.54) is 12.7 Å². The lowest BCUT2D eigenvalue weighted by Crippen LogP contribution is -2.30. The maximum Gasteiger partial charge on any atom is 0.252 e. The maximum absolute atomic E-state index is 11.8. The molecule has 4 aromatic rings. The zero-order valence-electron chi connectivity index (χ0n) is 20.1. The Morgan fingerprint density at radius 3 is 2.47 bits per heavy atom. The Balaban J connectivity index is 1.52. The molecule has 0 spiro atoms. The average Bonchev–Trinajstić information content (AvgIpc) is 3.47. The van der Waals surface area contributed by atoms with Crippen LogP contribution in [-0.2, 0) is 0 Å². The van der Waals surface area contributed by atoms with Crippen LogP contribution >= 0.6 is 11.3 Å². The molecule has 1 aliphatic heterocycles. The molecule has 3 N–H and O–H groups in total. The van der Waals surface area contributed by atoms with Crippen molar-refractivity contribution in [1.29, 1.82) is 0 Å². The van der Waals surface area contributed by atoms with Gasteiger partial charge in [-0.15, -0.1) is 0 Å². The zero-order valence-corrected chi connectivity index (χ0v) is 20.9. The number of hydrogen-bond donors (Lipinski definition) is 2. The second kappa shape index (κ2) is 10.9. The van der Waals surface area contributed by atoms with Crippen LogP contribution < -0.4 is 20.5 Å². The number of amides is 1. The molecule has 0 bridgehead atoms. The molecule has 1 aliphatic rings. The van der Waals surface area contributed by atoms with Gasteiger partial charge in [-0.05, 0) is 71.9 Å². The maximum atomic E-state index is 11.8. The van der Waals surface area contributed by atoms with Gasteiger partial charge in [-0.25, -0.2) is 9.97 Å². The molecule has 184 valence electrons. The van der Waals surface area contributed by atoms with Gasteiger partial charge < -0.3 is 20.5 Å². The van der Waals surface area contributed by atoms with Crippen LogP contribution in [0.3, 0.4) is 0 Å². The highest BCUT2D eigenvalue weighted by Gasteiger charge is 2.18. The number of methoxy groups -OCH3 is 1. The molecule has 7 nitrogen and oxygen atoms in total. The van der Waals surface area contributed by atoms with Crippen molar-refractivity contribution >= 4 is 17.2 Å². The Morgan fingerprint density at radius 1 is 1.03 bits per heavy atom. The Kier molecular flexibility index (Phi) is 7.25. The number of rotatable bonds is 8. The molecule has 36 heavy (non-hydrogen) atoms. The number of nitrogens with one attached hydrogen (secondary N) is 1. The van der Waals surface area contributed by atoms with Crippen molar-refractivity contribution in [3.63, 3.8) is 0 Å². The lowest BCUT2D eigenvalue weighted by Gasteiger charge is -2.22. The fraction of sp³-hybridized carbons (Fsp3) is 0.250. The van der Waals surface area contributed by atoms with E-state index in [4.69, 9.17) is 25.2 Å². The predicted octanol–water partition coefficient (Wildman–Crippen LogP) is 5.03. The third kappa shape index (κ3) is 5.24. The van der Waals surface area contributed by atoms with Gasteiger partial charge in [0.15, 0.2) is 0 Å². The summed E-state index contributed by atoms with van der Waals surface area (Å²) in [5, 5.41) is 7.58. The number of thiophene rings is 1. The molecule has 0 saturated carbocycles. The first kappa shape index (κ1) is 24.0. The van der Waals surface area contributed by atoms with Gasteiger partial charge in [0.05, 0.1) is 31.2 Å². The molecule has 5 rings (SSSR count). The molecule has 1 saturated heterocycles. The number of carbonyl (C=O) groups is 1. The van der Waals surface area contributed by atoms with Crippen molar-refractivity contribution in [1.82, 2.24) is 15.3 Å². The molecule has 1 fully saturated rings. The zero-order chi connectivity index (χ0) is 24.9. The number of carbonyl (C=O) groups excluding carboxylic acids is 1. The summed E-state index contributed by atoms with van der Waals surface area (Å²) in [7, 11) is 1.51. The van der Waals surface area contributed by atoms with Gasteiger partial charge in [0.25, 0.3) is 5.91 Å². The summed E-state index contributed by atoms with van der Waals surface area (Å²) in [5.41, 5.74) is 11.2. The lowest BCUT2D eigenvalue weighted by atomic mass is 9.99. The van der Waals surface area contributed by atoms with Crippen LogP contribution in [0.15, 0.2) is 65.5 Å². The Bertz CT molecular complexity index is 1330. The molecule has 0 unspecified atom stereocenters. The first-order chi connectivity index (χ1) is 17.6. The minimum absolute atomic E-state index is 0.317. The van der Waals surface area contributed by atoms with E-state index in [-0.39, 0.29) is 0 Å². The minimum Gasteiger partial charge on any atom is -0.496 e. The molecule has 2 aromatic heterocycles. The van der Waals surface area contributed by atoms with Crippen LogP contribution in [0.4, 0.5) is 0 Å². The Labute approximate surface area is 214 Å². The van der Waals surface area contributed by atoms with Gasteiger partial charge in [0, 0.05) is 11.1 Å². The summed E-state index contributed by atoms with van der Waals surface area (Å²) >= 11 is 1.67. The molecular formula is C28H28N4O3S. The topological polar surface area (TPSA) is 99.4 Å². The van der Waals surface area contributed by atoms with E-state index in [0.29, 0.717) is 41.1 Å². The van der Waals surface area contributed by atoms with Gasteiger partial charge in [0.1, 0.15) is 11.4 Å². The van der Waals surface area contributed by atoms with Gasteiger partial charge in [-0.3, -0.25) is 4.79 Å². The third-order valence-corrected chi connectivity index (χ3v) is 7.11. The van der Waals surface area contributed by atoms with Crippen LogP contribution in [0.25, 0.3) is 33.6 Å². The smallest absolute Gasteiger partial charge is 0.252 e. The highest BCUT2D eigenvalue weighted by atomic mass is 32.1. The van der Waals surface area contributed by atoms with Crippen LogP contribution in [0.2, 0.25) is 0 Å². The normalized spacial score (nSPS) is 13.9. The van der Waals surface area contributed by atoms with Crippen molar-refractivity contribution < 1.29 is 14.3 Å². The lowest BCUT2D eigenvalue weighted by molar-refractivity contribution is 0.0997. The van der Waals surface area contributed by atoms with E-state index in [9.17, 15) is 4.79 Å². The summed E-state index contributed by atoms with van der Waals surface area (Å²) in [6, 6.07) is 15.6. The second-order valence-electron chi connectivity index (χ2n) is 8.78. The number of ether oxygens (including phenoxy) is 2. The van der Waals surface area contributed by atoms with Crippen LogP contribution in [0, 0.1) is 5.92 Å². The van der Waals surface area contributed by atoms with Gasteiger partial charge in [-0.1, -0.05) is 30.3 Å². The first-order valence-electron chi connectivity index (χ1n) is 11.9. The number of hydrogen-bond acceptors (Lipinski definition) is 7. The molecule has 2 aromatic carbocycles. The monoisotopic (exact) mass is 500 g/mol. The summed E-state index contributed by atoms with van der Waals surface area (Å²) in [5.74, 6) is 0.851. The molecule has 3 heterocycles. The van der Waals surface area contributed by atoms with Crippen molar-refractivity contribution in [2.75, 3.05) is 26.8 Å². The summed E-state index contributed by atoms with van der Waals surface area (Å²) < 4.78 is 11.5.